The summed E-state index contributed by atoms with van der Waals surface area (Å²) in [5.74, 6) is 8.77. The van der Waals surface area contributed by atoms with Crippen LogP contribution in [-0.4, -0.2) is 16.8 Å². The number of nitrogens with two attached hydrogens (primary N) is 2. The molecule has 1 heterocycles. The number of hydrazine groups is 2. The van der Waals surface area contributed by atoms with Gasteiger partial charge >= 0.3 is 0 Å². The molecule has 0 aliphatic carbocycles. The molecule has 7 heteroatoms. The van der Waals surface area contributed by atoms with E-state index >= 15 is 0 Å². The zero-order valence-corrected chi connectivity index (χ0v) is 7.15. The van der Waals surface area contributed by atoms with Crippen molar-refractivity contribution in [3.8, 4) is 0 Å². The number of carbonyl (C=O) groups excluding carboxylic acids is 2. The molecule has 0 spiro atoms. The number of hydrogen-bond acceptors (Lipinski definition) is 5. The Balaban J connectivity index is 3.01. The van der Waals surface area contributed by atoms with E-state index in [1.807, 2.05) is 10.9 Å². The molecule has 6 N–H and O–H groups in total. The van der Waals surface area contributed by atoms with Crippen LogP contribution in [0.5, 0.6) is 0 Å². The molecule has 0 aliphatic heterocycles. The number of pyridine rings is 1. The number of nitrogen functional groups attached to an aromatic ring is 2. The summed E-state index contributed by atoms with van der Waals surface area (Å²) in [5, 5.41) is 0. The molecule has 0 aromatic carbocycles. The molecule has 0 radical (unpaired) electrons. The highest BCUT2D eigenvalue weighted by atomic mass is 16.2. The minimum Gasteiger partial charge on any atom is -0.290 e. The van der Waals surface area contributed by atoms with Gasteiger partial charge in [0.15, 0.2) is 0 Å². The Labute approximate surface area is 79.4 Å². The average Bonchev–Trinajstić information content (AvgIpc) is 2.27. The molecule has 0 saturated carbocycles. The number of nitrogens with one attached hydrogen (secondary N) is 2. The van der Waals surface area contributed by atoms with Gasteiger partial charge in [-0.05, 0) is 6.07 Å². The van der Waals surface area contributed by atoms with Gasteiger partial charge in [-0.15, -0.1) is 0 Å². The molecule has 0 bridgehead atoms. The zero-order valence-electron chi connectivity index (χ0n) is 7.15. The highest BCUT2D eigenvalue weighted by molar-refractivity contribution is 5.98. The fourth-order valence-corrected chi connectivity index (χ4v) is 0.855. The monoisotopic (exact) mass is 195 g/mol. The van der Waals surface area contributed by atoms with Crippen LogP contribution in [0.15, 0.2) is 18.5 Å². The smallest absolute Gasteiger partial charge is 0.266 e. The Kier molecular flexibility index (Phi) is 3.10. The third-order valence-corrected chi connectivity index (χ3v) is 1.52. The zero-order chi connectivity index (χ0) is 10.6. The van der Waals surface area contributed by atoms with Gasteiger partial charge in [0.2, 0.25) is 0 Å². The second-order valence-electron chi connectivity index (χ2n) is 2.41. The Bertz CT molecular complexity index is 334. The van der Waals surface area contributed by atoms with Crippen LogP contribution >= 0.6 is 0 Å². The Morgan fingerprint density at radius 1 is 1.07 bits per heavy atom. The fraction of sp³-hybridized carbons (Fsp3) is 0. The number of rotatable bonds is 2. The van der Waals surface area contributed by atoms with Gasteiger partial charge in [0.25, 0.3) is 11.8 Å². The Morgan fingerprint density at radius 3 is 1.86 bits per heavy atom. The predicted octanol–water partition coefficient (Wildman–Crippen LogP) is -1.71. The van der Waals surface area contributed by atoms with Gasteiger partial charge in [0.05, 0.1) is 11.1 Å². The molecule has 0 fully saturated rings. The molecule has 1 aromatic heterocycles. The van der Waals surface area contributed by atoms with E-state index in [4.69, 9.17) is 11.7 Å². The molecule has 0 unspecified atom stereocenters. The largest absolute Gasteiger partial charge is 0.290 e. The van der Waals surface area contributed by atoms with Gasteiger partial charge in [-0.2, -0.15) is 0 Å². The van der Waals surface area contributed by atoms with Crippen LogP contribution in [0.3, 0.4) is 0 Å². The van der Waals surface area contributed by atoms with E-state index in [0.29, 0.717) is 0 Å². The lowest BCUT2D eigenvalue weighted by Crippen LogP contribution is -2.32. The summed E-state index contributed by atoms with van der Waals surface area (Å²) in [6.07, 6.45) is 2.57. The van der Waals surface area contributed by atoms with Crippen molar-refractivity contribution in [2.24, 2.45) is 11.7 Å². The summed E-state index contributed by atoms with van der Waals surface area (Å²) < 4.78 is 0. The summed E-state index contributed by atoms with van der Waals surface area (Å²) in [6.45, 7) is 0. The lowest BCUT2D eigenvalue weighted by Gasteiger charge is -2.01. The minimum absolute atomic E-state index is 0.189. The molecular weight excluding hydrogens is 186 g/mol. The molecule has 1 aromatic rings. The number of carbonyl (C=O) groups is 2. The van der Waals surface area contributed by atoms with Gasteiger partial charge in [0, 0.05) is 12.4 Å². The van der Waals surface area contributed by atoms with Crippen molar-refractivity contribution in [3.05, 3.63) is 29.6 Å². The first kappa shape index (κ1) is 10.1. The van der Waals surface area contributed by atoms with Crippen molar-refractivity contribution in [1.82, 2.24) is 15.8 Å². The van der Waals surface area contributed by atoms with E-state index < -0.39 is 11.8 Å². The van der Waals surface area contributed by atoms with Crippen LogP contribution in [-0.2, 0) is 0 Å². The van der Waals surface area contributed by atoms with Gasteiger partial charge in [-0.1, -0.05) is 0 Å². The third kappa shape index (κ3) is 2.03. The third-order valence-electron chi connectivity index (χ3n) is 1.52. The molecule has 0 atom stereocenters. The van der Waals surface area contributed by atoms with Crippen molar-refractivity contribution in [3.63, 3.8) is 0 Å². The highest BCUT2D eigenvalue weighted by Gasteiger charge is 2.08. The molecule has 14 heavy (non-hydrogen) atoms. The van der Waals surface area contributed by atoms with Gasteiger partial charge in [0.1, 0.15) is 0 Å². The number of hydrogen-bond donors (Lipinski definition) is 4. The van der Waals surface area contributed by atoms with E-state index in [0.717, 1.165) is 0 Å². The van der Waals surface area contributed by atoms with Crippen molar-refractivity contribution >= 4 is 11.8 Å². The standard InChI is InChI=1S/C7H9N5O2/c8-11-6(13)4-1-5(3-10-2-4)7(14)12-9/h1-3H,8-9H2,(H,11,13)(H,12,14). The first-order valence-electron chi connectivity index (χ1n) is 3.66. The highest BCUT2D eigenvalue weighted by Crippen LogP contribution is 2.01. The maximum atomic E-state index is 11.0. The van der Waals surface area contributed by atoms with Gasteiger partial charge < -0.3 is 0 Å². The SMILES string of the molecule is NNC(=O)c1cncc(C(=O)NN)c1. The second kappa shape index (κ2) is 4.30. The first-order chi connectivity index (χ1) is 6.69. The van der Waals surface area contributed by atoms with E-state index in [1.54, 1.807) is 0 Å². The van der Waals surface area contributed by atoms with Crippen LogP contribution < -0.4 is 22.5 Å². The molecule has 0 saturated heterocycles. The molecule has 2 amide bonds. The van der Waals surface area contributed by atoms with Crippen molar-refractivity contribution in [1.29, 1.82) is 0 Å². The van der Waals surface area contributed by atoms with E-state index in [1.165, 1.54) is 18.5 Å². The van der Waals surface area contributed by atoms with Gasteiger partial charge in [-0.3, -0.25) is 25.4 Å². The van der Waals surface area contributed by atoms with E-state index in [9.17, 15) is 9.59 Å². The lowest BCUT2D eigenvalue weighted by atomic mass is 10.2. The topological polar surface area (TPSA) is 123 Å². The summed E-state index contributed by atoms with van der Waals surface area (Å²) in [6, 6.07) is 1.33. The average molecular weight is 195 g/mol. The lowest BCUT2D eigenvalue weighted by molar-refractivity contribution is 0.0953. The molecule has 1 rings (SSSR count). The van der Waals surface area contributed by atoms with Gasteiger partial charge in [-0.25, -0.2) is 11.7 Å². The number of nitrogens with zero attached hydrogens (tertiary/aromatic N) is 1. The van der Waals surface area contributed by atoms with Crippen molar-refractivity contribution in [2.75, 3.05) is 0 Å². The summed E-state index contributed by atoms with van der Waals surface area (Å²) in [5.41, 5.74) is 4.22. The van der Waals surface area contributed by atoms with Crippen LogP contribution in [0.1, 0.15) is 20.7 Å². The number of aromatic nitrogens is 1. The minimum atomic E-state index is -0.524. The maximum absolute atomic E-state index is 11.0. The predicted molar refractivity (Wildman–Crippen MR) is 47.5 cm³/mol. The van der Waals surface area contributed by atoms with E-state index in [-0.39, 0.29) is 11.1 Å². The maximum Gasteiger partial charge on any atom is 0.266 e. The van der Waals surface area contributed by atoms with Crippen LogP contribution in [0.2, 0.25) is 0 Å². The first-order valence-corrected chi connectivity index (χ1v) is 3.66. The fourth-order valence-electron chi connectivity index (χ4n) is 0.855. The summed E-state index contributed by atoms with van der Waals surface area (Å²) in [7, 11) is 0. The van der Waals surface area contributed by atoms with Crippen LogP contribution in [0.25, 0.3) is 0 Å². The summed E-state index contributed by atoms with van der Waals surface area (Å²) in [4.78, 5) is 25.8. The Hall–Kier alpha value is -1.99. The Morgan fingerprint density at radius 2 is 1.50 bits per heavy atom. The van der Waals surface area contributed by atoms with Crippen LogP contribution in [0, 0.1) is 0 Å². The van der Waals surface area contributed by atoms with Crippen molar-refractivity contribution in [2.45, 2.75) is 0 Å². The van der Waals surface area contributed by atoms with Crippen LogP contribution in [0.4, 0.5) is 0 Å². The quantitative estimate of drug-likeness (QED) is 0.254. The normalized spacial score (nSPS) is 9.29. The molecule has 74 valence electrons. The molecular formula is C7H9N5O2. The molecule has 7 nitrogen and oxygen atoms in total. The number of amides is 2. The summed E-state index contributed by atoms with van der Waals surface area (Å²) >= 11 is 0. The van der Waals surface area contributed by atoms with Crippen molar-refractivity contribution < 1.29 is 9.59 Å². The van der Waals surface area contributed by atoms with E-state index in [2.05, 4.69) is 4.98 Å². The second-order valence-corrected chi connectivity index (χ2v) is 2.41. The molecule has 0 aliphatic rings.